The molecule has 25 heavy (non-hydrogen) atoms. The van der Waals surface area contributed by atoms with Crippen molar-refractivity contribution in [2.24, 2.45) is 0 Å². The van der Waals surface area contributed by atoms with E-state index in [2.05, 4.69) is 15.0 Å². The fraction of sp³-hybridized carbons (Fsp3) is 0.375. The Kier molecular flexibility index (Phi) is 9.71. The predicted molar refractivity (Wildman–Crippen MR) is 94.5 cm³/mol. The molecule has 0 radical (unpaired) electrons. The first-order chi connectivity index (χ1) is 12.0. The van der Waals surface area contributed by atoms with E-state index in [4.69, 9.17) is 0 Å². The smallest absolute Gasteiger partial charge is 0.305 e. The molecule has 1 aromatic heterocycles. The third-order valence-electron chi connectivity index (χ3n) is 3.10. The van der Waals surface area contributed by atoms with Gasteiger partial charge < -0.3 is 20.0 Å². The van der Waals surface area contributed by atoms with Crippen molar-refractivity contribution in [2.45, 2.75) is 24.8 Å². The fourth-order valence-electron chi connectivity index (χ4n) is 1.75. The average molecular weight is 383 g/mol. The fourth-order valence-corrected chi connectivity index (χ4v) is 3.53. The molecule has 0 aliphatic carbocycles. The van der Waals surface area contributed by atoms with Gasteiger partial charge in [0.15, 0.2) is 0 Å². The summed E-state index contributed by atoms with van der Waals surface area (Å²) in [6.07, 6.45) is 1.47. The summed E-state index contributed by atoms with van der Waals surface area (Å²) >= 11 is 0. The second-order valence-corrected chi connectivity index (χ2v) is 7.23. The maximum Gasteiger partial charge on any atom is 0.305 e. The van der Waals surface area contributed by atoms with Gasteiger partial charge in [0.2, 0.25) is 5.91 Å². The maximum absolute atomic E-state index is 12.0. The van der Waals surface area contributed by atoms with Crippen LogP contribution in [0.3, 0.4) is 0 Å². The van der Waals surface area contributed by atoms with E-state index in [0.717, 1.165) is 5.03 Å². The molecule has 0 spiro atoms. The quantitative estimate of drug-likeness (QED) is 0.275. The van der Waals surface area contributed by atoms with Crippen molar-refractivity contribution in [3.63, 3.8) is 0 Å². The van der Waals surface area contributed by atoms with Crippen LogP contribution in [0.4, 0.5) is 0 Å². The molecule has 0 aliphatic rings. The average Bonchev–Trinajstić information content (AvgIpc) is 2.61. The number of amides is 1. The Bertz CT molecular complexity index is 635. The highest BCUT2D eigenvalue weighted by atomic mass is 33.1. The lowest BCUT2D eigenvalue weighted by Gasteiger charge is -2.13. The zero-order chi connectivity index (χ0) is 18.7. The summed E-state index contributed by atoms with van der Waals surface area (Å²) < 4.78 is 4.46. The van der Waals surface area contributed by atoms with Gasteiger partial charge >= 0.3 is 5.97 Å². The van der Waals surface area contributed by atoms with Crippen LogP contribution in [0.5, 0.6) is 0 Å². The van der Waals surface area contributed by atoms with E-state index in [0.29, 0.717) is 12.3 Å². The monoisotopic (exact) mass is 383 g/mol. The van der Waals surface area contributed by atoms with E-state index >= 15 is 0 Å². The largest absolute Gasteiger partial charge is 0.545 e. The van der Waals surface area contributed by atoms with Gasteiger partial charge in [0.05, 0.1) is 13.1 Å². The number of nitrogens with one attached hydrogen (secondary N) is 1. The number of pyridine rings is 1. The number of carbonyl (C=O) groups is 3. The van der Waals surface area contributed by atoms with Gasteiger partial charge in [0.1, 0.15) is 5.03 Å². The number of carboxylic acid groups (broad SMARTS) is 1. The normalized spacial score (nSPS) is 11.4. The van der Waals surface area contributed by atoms with E-state index < -0.39 is 17.8 Å². The van der Waals surface area contributed by atoms with Crippen LogP contribution in [0.15, 0.2) is 40.6 Å². The molecule has 0 saturated carbocycles. The number of esters is 1. The van der Waals surface area contributed by atoms with Gasteiger partial charge in [-0.15, -0.1) is 0 Å². The Labute approximate surface area is 154 Å². The molecule has 0 aliphatic heterocycles. The van der Waals surface area contributed by atoms with Crippen molar-refractivity contribution in [1.29, 1.82) is 0 Å². The Hall–Kier alpha value is -2.00. The van der Waals surface area contributed by atoms with Gasteiger partial charge in [-0.1, -0.05) is 16.9 Å². The molecule has 9 heteroatoms. The Morgan fingerprint density at radius 1 is 1.28 bits per heavy atom. The van der Waals surface area contributed by atoms with Crippen LogP contribution in [0.1, 0.15) is 19.8 Å². The molecule has 1 heterocycles. The predicted octanol–water partition coefficient (Wildman–Crippen LogP) is 0.958. The number of carboxylic acids is 1. The number of hydrogen-bond acceptors (Lipinski definition) is 8. The van der Waals surface area contributed by atoms with Crippen LogP contribution in [0.2, 0.25) is 0 Å². The Balaban J connectivity index is 2.44. The van der Waals surface area contributed by atoms with Gasteiger partial charge in [-0.3, -0.25) is 9.59 Å². The number of ether oxygens (including phenoxy) is 1. The van der Waals surface area contributed by atoms with Crippen molar-refractivity contribution in [2.75, 3.05) is 19.4 Å². The first-order valence-corrected chi connectivity index (χ1v) is 9.74. The number of rotatable bonds is 10. The molecule has 7 nitrogen and oxygen atoms in total. The van der Waals surface area contributed by atoms with Crippen molar-refractivity contribution in [3.05, 3.63) is 35.5 Å². The highest BCUT2D eigenvalue weighted by Gasteiger charge is 2.13. The summed E-state index contributed by atoms with van der Waals surface area (Å²) in [5.74, 6) is -1.87. The molecule has 0 unspecified atom stereocenters. The molecule has 136 valence electrons. The summed E-state index contributed by atoms with van der Waals surface area (Å²) in [6, 6.07) is 5.61. The first kappa shape index (κ1) is 21.0. The molecular weight excluding hydrogens is 364 g/mol. The van der Waals surface area contributed by atoms with E-state index in [1.54, 1.807) is 6.20 Å². The molecule has 1 N–H and O–H groups in total. The molecule has 0 atom stereocenters. The zero-order valence-electron chi connectivity index (χ0n) is 13.9. The van der Waals surface area contributed by atoms with E-state index in [1.807, 2.05) is 18.2 Å². The summed E-state index contributed by atoms with van der Waals surface area (Å²) in [5.41, 5.74) is -0.162. The van der Waals surface area contributed by atoms with E-state index in [1.165, 1.54) is 35.6 Å². The van der Waals surface area contributed by atoms with Crippen LogP contribution in [-0.2, 0) is 19.1 Å². The SMILES string of the molecule is COC(=O)CC/C(C(=O)[O-])=C(\C)C(=O)NCCSSc1ccccn1. The van der Waals surface area contributed by atoms with Crippen molar-refractivity contribution in [3.8, 4) is 0 Å². The summed E-state index contributed by atoms with van der Waals surface area (Å²) in [6.45, 7) is 1.77. The topological polar surface area (TPSA) is 108 Å². The lowest BCUT2D eigenvalue weighted by molar-refractivity contribution is -0.299. The van der Waals surface area contributed by atoms with Crippen molar-refractivity contribution < 1.29 is 24.2 Å². The maximum atomic E-state index is 12.0. The van der Waals surface area contributed by atoms with E-state index in [-0.39, 0.29) is 24.0 Å². The molecule has 1 amide bonds. The molecule has 1 rings (SSSR count). The minimum atomic E-state index is -1.46. The van der Waals surface area contributed by atoms with Gasteiger partial charge in [-0.25, -0.2) is 4.98 Å². The number of aliphatic carboxylic acids is 1. The van der Waals surface area contributed by atoms with Crippen molar-refractivity contribution >= 4 is 39.4 Å². The molecule has 1 aromatic rings. The number of hydrogen-bond donors (Lipinski definition) is 1. The third kappa shape index (κ3) is 8.08. The summed E-state index contributed by atoms with van der Waals surface area (Å²) in [7, 11) is 4.23. The second kappa shape index (κ2) is 11.5. The van der Waals surface area contributed by atoms with Crippen LogP contribution in [-0.4, -0.2) is 42.2 Å². The first-order valence-electron chi connectivity index (χ1n) is 7.42. The lowest BCUT2D eigenvalue weighted by Crippen LogP contribution is -2.31. The molecule has 0 saturated heterocycles. The molecular formula is C16H19N2O5S2-. The summed E-state index contributed by atoms with van der Waals surface area (Å²) in [5, 5.41) is 14.7. The van der Waals surface area contributed by atoms with Gasteiger partial charge in [-0.2, -0.15) is 0 Å². The van der Waals surface area contributed by atoms with E-state index in [9.17, 15) is 19.5 Å². The highest BCUT2D eigenvalue weighted by molar-refractivity contribution is 8.76. The number of carbonyl (C=O) groups excluding carboxylic acids is 3. The summed E-state index contributed by atoms with van der Waals surface area (Å²) in [4.78, 5) is 38.5. The number of aromatic nitrogens is 1. The third-order valence-corrected chi connectivity index (χ3v) is 5.37. The van der Waals surface area contributed by atoms with Gasteiger partial charge in [-0.05, 0) is 41.8 Å². The Morgan fingerprint density at radius 3 is 2.64 bits per heavy atom. The number of nitrogens with zero attached hydrogens (tertiary/aromatic N) is 1. The van der Waals surface area contributed by atoms with Gasteiger partial charge in [0, 0.05) is 30.5 Å². The minimum absolute atomic E-state index is 0.0336. The zero-order valence-corrected chi connectivity index (χ0v) is 15.6. The molecule has 0 fully saturated rings. The van der Waals surface area contributed by atoms with Crippen LogP contribution in [0.25, 0.3) is 0 Å². The highest BCUT2D eigenvalue weighted by Crippen LogP contribution is 2.28. The molecule has 0 bridgehead atoms. The van der Waals surface area contributed by atoms with Crippen LogP contribution < -0.4 is 10.4 Å². The minimum Gasteiger partial charge on any atom is -0.545 e. The Morgan fingerprint density at radius 2 is 2.04 bits per heavy atom. The van der Waals surface area contributed by atoms with Crippen LogP contribution >= 0.6 is 21.6 Å². The second-order valence-electron chi connectivity index (χ2n) is 4.80. The lowest BCUT2D eigenvalue weighted by atomic mass is 10.0. The van der Waals surface area contributed by atoms with Crippen LogP contribution in [0, 0.1) is 0 Å². The van der Waals surface area contributed by atoms with Gasteiger partial charge in [0.25, 0.3) is 0 Å². The molecule has 0 aromatic carbocycles. The van der Waals surface area contributed by atoms with Crippen molar-refractivity contribution in [1.82, 2.24) is 10.3 Å². The number of methoxy groups -OCH3 is 1. The standard InChI is InChI=1S/C16H20N2O5S2/c1-11(12(16(21)22)6-7-14(19)23-2)15(20)18-9-10-24-25-13-5-3-4-8-17-13/h3-5,8H,6-7,9-10H2,1-2H3,(H,18,20)(H,21,22)/p-1/b12-11-.